The molecule has 0 saturated carbocycles. The summed E-state index contributed by atoms with van der Waals surface area (Å²) in [4.78, 5) is 35.9. The van der Waals surface area contributed by atoms with Gasteiger partial charge in [0.25, 0.3) is 0 Å². The lowest BCUT2D eigenvalue weighted by Gasteiger charge is -2.18. The van der Waals surface area contributed by atoms with Crippen LogP contribution in [-0.4, -0.2) is 30.1 Å². The van der Waals surface area contributed by atoms with Gasteiger partial charge in [-0.1, -0.05) is 13.8 Å². The third-order valence-electron chi connectivity index (χ3n) is 4.29. The fourth-order valence-corrected chi connectivity index (χ4v) is 2.90. The molecule has 26 heavy (non-hydrogen) atoms. The van der Waals surface area contributed by atoms with Crippen molar-refractivity contribution < 1.29 is 23.8 Å². The predicted molar refractivity (Wildman–Crippen MR) is 96.6 cm³/mol. The molecule has 1 aromatic carbocycles. The second-order valence-electron chi connectivity index (χ2n) is 6.64. The van der Waals surface area contributed by atoms with E-state index in [1.807, 2.05) is 13.0 Å². The minimum atomic E-state index is -1.12. The molecule has 0 unspecified atom stereocenters. The summed E-state index contributed by atoms with van der Waals surface area (Å²) in [6, 6.07) is 2.53. The molecule has 1 atom stereocenters. The number of fused-ring (bicyclic) bond motifs is 1. The van der Waals surface area contributed by atoms with Crippen LogP contribution < -0.4 is 15.7 Å². The number of aliphatic carboxylic acids is 1. The van der Waals surface area contributed by atoms with E-state index < -0.39 is 23.5 Å². The standard InChI is InChI=1S/C19H23NO6/c1-9(2)17(18(22)23)20-15(21)8-12-11(4)16-13(25-5)6-10(3)7-14(16)26-19(12)24/h6-7,9,17H,8H2,1-5H3,(H,20,21)(H,22,23)/t17-/m0/s1. The van der Waals surface area contributed by atoms with Crippen LogP contribution >= 0.6 is 0 Å². The predicted octanol–water partition coefficient (Wildman–Crippen LogP) is 2.19. The van der Waals surface area contributed by atoms with Gasteiger partial charge < -0.3 is 19.6 Å². The molecule has 0 spiro atoms. The van der Waals surface area contributed by atoms with E-state index in [-0.39, 0.29) is 17.9 Å². The highest BCUT2D eigenvalue weighted by Crippen LogP contribution is 2.30. The van der Waals surface area contributed by atoms with Gasteiger partial charge in [-0.05, 0) is 43.0 Å². The van der Waals surface area contributed by atoms with Crippen LogP contribution in [0.4, 0.5) is 0 Å². The molecule has 7 heteroatoms. The van der Waals surface area contributed by atoms with E-state index in [4.69, 9.17) is 9.15 Å². The lowest BCUT2D eigenvalue weighted by molar-refractivity contribution is -0.143. The highest BCUT2D eigenvalue weighted by atomic mass is 16.5. The van der Waals surface area contributed by atoms with Gasteiger partial charge in [0.2, 0.25) is 5.91 Å². The highest BCUT2D eigenvalue weighted by Gasteiger charge is 2.25. The first-order chi connectivity index (χ1) is 12.1. The number of benzene rings is 1. The summed E-state index contributed by atoms with van der Waals surface area (Å²) < 4.78 is 10.7. The molecule has 1 heterocycles. The van der Waals surface area contributed by atoms with E-state index in [1.54, 1.807) is 26.8 Å². The van der Waals surface area contributed by atoms with Gasteiger partial charge in [-0.2, -0.15) is 0 Å². The van der Waals surface area contributed by atoms with Gasteiger partial charge in [0.05, 0.1) is 24.5 Å². The van der Waals surface area contributed by atoms with Gasteiger partial charge in [-0.25, -0.2) is 9.59 Å². The van der Waals surface area contributed by atoms with Crippen LogP contribution in [0, 0.1) is 19.8 Å². The molecule has 0 aliphatic heterocycles. The van der Waals surface area contributed by atoms with E-state index in [1.165, 1.54) is 7.11 Å². The lowest BCUT2D eigenvalue weighted by atomic mass is 10.0. The van der Waals surface area contributed by atoms with Gasteiger partial charge in [-0.15, -0.1) is 0 Å². The second kappa shape index (κ2) is 7.59. The van der Waals surface area contributed by atoms with Crippen LogP contribution in [0.1, 0.15) is 30.5 Å². The third-order valence-corrected chi connectivity index (χ3v) is 4.29. The quantitative estimate of drug-likeness (QED) is 0.764. The number of hydrogen-bond acceptors (Lipinski definition) is 5. The van der Waals surface area contributed by atoms with Crippen molar-refractivity contribution in [3.05, 3.63) is 39.2 Å². The maximum absolute atomic E-state index is 12.4. The Morgan fingerprint density at radius 1 is 1.27 bits per heavy atom. The Morgan fingerprint density at radius 2 is 1.92 bits per heavy atom. The number of carboxylic acids is 1. The van der Waals surface area contributed by atoms with Gasteiger partial charge in [0, 0.05) is 0 Å². The number of ether oxygens (including phenoxy) is 1. The Bertz CT molecular complexity index is 912. The topological polar surface area (TPSA) is 106 Å². The smallest absolute Gasteiger partial charge is 0.340 e. The number of hydrogen-bond donors (Lipinski definition) is 2. The molecular formula is C19H23NO6. The summed E-state index contributed by atoms with van der Waals surface area (Å²) in [6.45, 7) is 6.97. The fourth-order valence-electron chi connectivity index (χ4n) is 2.90. The van der Waals surface area contributed by atoms with Crippen molar-refractivity contribution >= 4 is 22.8 Å². The molecule has 0 aliphatic carbocycles. The summed E-state index contributed by atoms with van der Waals surface area (Å²) in [5, 5.41) is 12.3. The number of rotatable bonds is 6. The number of carbonyl (C=O) groups is 2. The molecule has 1 amide bonds. The van der Waals surface area contributed by atoms with Crippen molar-refractivity contribution in [1.29, 1.82) is 0 Å². The Morgan fingerprint density at radius 3 is 2.46 bits per heavy atom. The van der Waals surface area contributed by atoms with E-state index in [0.717, 1.165) is 5.56 Å². The molecule has 0 radical (unpaired) electrons. The molecule has 0 aliphatic rings. The average molecular weight is 361 g/mol. The normalized spacial score (nSPS) is 12.2. The molecule has 0 bridgehead atoms. The molecule has 0 saturated heterocycles. The molecule has 0 fully saturated rings. The Balaban J connectivity index is 2.44. The number of nitrogens with one attached hydrogen (secondary N) is 1. The van der Waals surface area contributed by atoms with Crippen LogP contribution in [0.3, 0.4) is 0 Å². The van der Waals surface area contributed by atoms with E-state index in [9.17, 15) is 19.5 Å². The average Bonchev–Trinajstić information content (AvgIpc) is 2.54. The maximum Gasteiger partial charge on any atom is 0.340 e. The van der Waals surface area contributed by atoms with Crippen LogP contribution in [0.15, 0.2) is 21.3 Å². The minimum absolute atomic E-state index is 0.185. The SMILES string of the molecule is COc1cc(C)cc2oc(=O)c(CC(=O)N[C@H](C(=O)O)C(C)C)c(C)c12. The zero-order valence-electron chi connectivity index (χ0n) is 15.5. The van der Waals surface area contributed by atoms with Crippen molar-refractivity contribution in [2.24, 2.45) is 5.92 Å². The summed E-state index contributed by atoms with van der Waals surface area (Å²) in [7, 11) is 1.52. The molecule has 2 rings (SSSR count). The summed E-state index contributed by atoms with van der Waals surface area (Å²) in [6.07, 6.45) is -0.266. The molecule has 2 aromatic rings. The van der Waals surface area contributed by atoms with E-state index in [2.05, 4.69) is 5.32 Å². The van der Waals surface area contributed by atoms with Crippen LogP contribution in [0.25, 0.3) is 11.0 Å². The van der Waals surface area contributed by atoms with E-state index >= 15 is 0 Å². The van der Waals surface area contributed by atoms with Crippen molar-refractivity contribution in [2.45, 2.75) is 40.2 Å². The van der Waals surface area contributed by atoms with Crippen molar-refractivity contribution in [1.82, 2.24) is 5.32 Å². The van der Waals surface area contributed by atoms with Crippen molar-refractivity contribution in [3.63, 3.8) is 0 Å². The monoisotopic (exact) mass is 361 g/mol. The summed E-state index contributed by atoms with van der Waals surface area (Å²) in [5.74, 6) is -1.40. The van der Waals surface area contributed by atoms with Crippen molar-refractivity contribution in [2.75, 3.05) is 7.11 Å². The highest BCUT2D eigenvalue weighted by molar-refractivity contribution is 5.90. The van der Waals surface area contributed by atoms with Gasteiger partial charge in [0.15, 0.2) is 0 Å². The first-order valence-electron chi connectivity index (χ1n) is 8.28. The van der Waals surface area contributed by atoms with Crippen LogP contribution in [0.2, 0.25) is 0 Å². The summed E-state index contributed by atoms with van der Waals surface area (Å²) >= 11 is 0. The van der Waals surface area contributed by atoms with Gasteiger partial charge >= 0.3 is 11.6 Å². The Hall–Kier alpha value is -2.83. The molecular weight excluding hydrogens is 338 g/mol. The zero-order chi connectivity index (χ0) is 19.6. The largest absolute Gasteiger partial charge is 0.496 e. The molecule has 1 aromatic heterocycles. The second-order valence-corrected chi connectivity index (χ2v) is 6.64. The summed E-state index contributed by atoms with van der Waals surface area (Å²) in [5.41, 5.74) is 1.42. The molecule has 7 nitrogen and oxygen atoms in total. The molecule has 2 N–H and O–H groups in total. The number of aryl methyl sites for hydroxylation is 2. The van der Waals surface area contributed by atoms with Crippen LogP contribution in [0.5, 0.6) is 5.75 Å². The number of carboxylic acid groups (broad SMARTS) is 1. The Labute approximate surface area is 151 Å². The first-order valence-corrected chi connectivity index (χ1v) is 8.28. The first kappa shape index (κ1) is 19.5. The number of amides is 1. The van der Waals surface area contributed by atoms with E-state index in [0.29, 0.717) is 22.3 Å². The van der Waals surface area contributed by atoms with Gasteiger partial charge in [-0.3, -0.25) is 4.79 Å². The van der Waals surface area contributed by atoms with Crippen molar-refractivity contribution in [3.8, 4) is 5.75 Å². The van der Waals surface area contributed by atoms with Crippen LogP contribution in [-0.2, 0) is 16.0 Å². The Kier molecular flexibility index (Phi) is 5.69. The number of carbonyl (C=O) groups excluding carboxylic acids is 1. The maximum atomic E-state index is 12.4. The minimum Gasteiger partial charge on any atom is -0.496 e. The van der Waals surface area contributed by atoms with Gasteiger partial charge in [0.1, 0.15) is 17.4 Å². The third kappa shape index (κ3) is 3.87. The fraction of sp³-hybridized carbons (Fsp3) is 0.421. The zero-order valence-corrected chi connectivity index (χ0v) is 15.5. The molecule has 140 valence electrons. The number of methoxy groups -OCH3 is 1. The lowest BCUT2D eigenvalue weighted by Crippen LogP contribution is -2.45.